The first-order valence-corrected chi connectivity index (χ1v) is 23.3. The third-order valence-electron chi connectivity index (χ3n) is 10.9. The van der Waals surface area contributed by atoms with Gasteiger partial charge < -0.3 is 20.3 Å². The van der Waals surface area contributed by atoms with Crippen molar-refractivity contribution < 1.29 is 24.5 Å². The normalized spacial score (nSPS) is 13.2. The van der Waals surface area contributed by atoms with Crippen LogP contribution in [0.2, 0.25) is 0 Å². The van der Waals surface area contributed by atoms with Crippen LogP contribution in [0.25, 0.3) is 0 Å². The van der Waals surface area contributed by atoms with Crippen molar-refractivity contribution in [2.75, 3.05) is 6.61 Å². The van der Waals surface area contributed by atoms with Gasteiger partial charge in [-0.05, 0) is 25.7 Å². The molecule has 52 heavy (non-hydrogen) atoms. The van der Waals surface area contributed by atoms with E-state index >= 15 is 0 Å². The van der Waals surface area contributed by atoms with Crippen molar-refractivity contribution in [2.45, 2.75) is 277 Å². The zero-order valence-corrected chi connectivity index (χ0v) is 35.2. The summed E-state index contributed by atoms with van der Waals surface area (Å²) in [6.45, 7) is 6.47. The lowest BCUT2D eigenvalue weighted by Gasteiger charge is -2.24. The second kappa shape index (κ2) is 41.0. The van der Waals surface area contributed by atoms with Crippen LogP contribution in [0.15, 0.2) is 0 Å². The highest BCUT2D eigenvalue weighted by atomic mass is 16.5. The number of ether oxygens (including phenoxy) is 1. The van der Waals surface area contributed by atoms with Crippen LogP contribution in [-0.4, -0.2) is 46.9 Å². The van der Waals surface area contributed by atoms with Gasteiger partial charge in [0.2, 0.25) is 5.91 Å². The van der Waals surface area contributed by atoms with Gasteiger partial charge in [-0.25, -0.2) is 0 Å². The summed E-state index contributed by atoms with van der Waals surface area (Å²) in [5.74, 6) is -0.458. The van der Waals surface area contributed by atoms with Crippen molar-refractivity contribution in [1.82, 2.24) is 5.32 Å². The zero-order valence-electron chi connectivity index (χ0n) is 35.2. The number of amides is 1. The maximum Gasteiger partial charge on any atom is 0.306 e. The number of hydrogen-bond donors (Lipinski definition) is 3. The number of esters is 1. The quantitative estimate of drug-likeness (QED) is 0.0428. The van der Waals surface area contributed by atoms with Crippen LogP contribution < -0.4 is 5.32 Å². The first-order valence-electron chi connectivity index (χ1n) is 23.3. The van der Waals surface area contributed by atoms with Crippen LogP contribution in [-0.2, 0) is 14.3 Å². The molecule has 0 fully saturated rings. The smallest absolute Gasteiger partial charge is 0.306 e. The first kappa shape index (κ1) is 50.9. The fourth-order valence-corrected chi connectivity index (χ4v) is 7.37. The lowest BCUT2D eigenvalue weighted by Crippen LogP contribution is -2.46. The number of aliphatic hydroxyl groups is 2. The molecule has 6 heteroatoms. The van der Waals surface area contributed by atoms with Gasteiger partial charge in [0.05, 0.1) is 25.2 Å². The molecule has 310 valence electrons. The molecule has 0 aliphatic heterocycles. The molecule has 0 heterocycles. The number of rotatable bonds is 42. The van der Waals surface area contributed by atoms with Gasteiger partial charge in [-0.15, -0.1) is 0 Å². The summed E-state index contributed by atoms with van der Waals surface area (Å²) in [5, 5.41) is 23.6. The molecule has 0 aliphatic rings. The highest BCUT2D eigenvalue weighted by Crippen LogP contribution is 2.18. The van der Waals surface area contributed by atoms with Crippen LogP contribution in [0, 0.1) is 0 Å². The van der Waals surface area contributed by atoms with E-state index in [0.29, 0.717) is 19.3 Å². The van der Waals surface area contributed by atoms with E-state index in [2.05, 4.69) is 26.1 Å². The van der Waals surface area contributed by atoms with E-state index in [4.69, 9.17) is 4.74 Å². The minimum atomic E-state index is -0.776. The molecule has 6 nitrogen and oxygen atoms in total. The molecule has 1 amide bonds. The third kappa shape index (κ3) is 35.9. The van der Waals surface area contributed by atoms with Gasteiger partial charge in [-0.1, -0.05) is 220 Å². The molecule has 0 saturated heterocycles. The van der Waals surface area contributed by atoms with Crippen LogP contribution in [0.5, 0.6) is 0 Å². The summed E-state index contributed by atoms with van der Waals surface area (Å²) in [6, 6.07) is -0.689. The Bertz CT molecular complexity index is 746. The molecule has 0 aromatic heterocycles. The van der Waals surface area contributed by atoms with E-state index in [9.17, 15) is 19.8 Å². The number of nitrogens with one attached hydrogen (secondary N) is 1. The van der Waals surface area contributed by atoms with E-state index in [1.165, 1.54) is 167 Å². The largest absolute Gasteiger partial charge is 0.462 e. The van der Waals surface area contributed by atoms with Crippen molar-refractivity contribution in [3.63, 3.8) is 0 Å². The molecule has 3 atom stereocenters. The summed E-state index contributed by atoms with van der Waals surface area (Å²) in [7, 11) is 0. The molecule has 0 radical (unpaired) electrons. The maximum atomic E-state index is 13.1. The molecule has 0 rings (SSSR count). The molecule has 0 aliphatic carbocycles. The number of aliphatic hydroxyl groups excluding tert-OH is 2. The summed E-state index contributed by atoms with van der Waals surface area (Å²) >= 11 is 0. The summed E-state index contributed by atoms with van der Waals surface area (Å²) in [4.78, 5) is 25.9. The molecule has 0 spiro atoms. The highest BCUT2D eigenvalue weighted by Gasteiger charge is 2.24. The Hall–Kier alpha value is -1.14. The number of carbonyl (C=O) groups is 2. The maximum absolute atomic E-state index is 13.1. The SMILES string of the molecule is CCCCCCCCCCCCCCC(=O)OC(CCCCCCCCCCCCC)CC(=O)NC(CO)C(O)CCCCCCCCCCCC. The predicted octanol–water partition coefficient (Wildman–Crippen LogP) is 13.2. The molecular formula is C46H91NO5. The topological polar surface area (TPSA) is 95.9 Å². The van der Waals surface area contributed by atoms with Crippen LogP contribution in [0.4, 0.5) is 0 Å². The van der Waals surface area contributed by atoms with E-state index in [1.807, 2.05) is 0 Å². The highest BCUT2D eigenvalue weighted by molar-refractivity contribution is 5.77. The molecule has 3 unspecified atom stereocenters. The second-order valence-electron chi connectivity index (χ2n) is 16.2. The van der Waals surface area contributed by atoms with Crippen molar-refractivity contribution in [3.8, 4) is 0 Å². The summed E-state index contributed by atoms with van der Waals surface area (Å²) in [6.07, 6.45) is 41.6. The van der Waals surface area contributed by atoms with Crippen LogP contribution in [0.3, 0.4) is 0 Å². The van der Waals surface area contributed by atoms with E-state index < -0.39 is 18.2 Å². The number of carbonyl (C=O) groups excluding carboxylic acids is 2. The van der Waals surface area contributed by atoms with E-state index in [-0.39, 0.29) is 24.9 Å². The lowest BCUT2D eigenvalue weighted by atomic mass is 10.0. The van der Waals surface area contributed by atoms with Gasteiger partial charge in [0.1, 0.15) is 6.10 Å². The van der Waals surface area contributed by atoms with Gasteiger partial charge in [0.25, 0.3) is 0 Å². The average molecular weight is 738 g/mol. The number of unbranched alkanes of at least 4 members (excludes halogenated alkanes) is 30. The summed E-state index contributed by atoms with van der Waals surface area (Å²) in [5.41, 5.74) is 0. The zero-order chi connectivity index (χ0) is 38.2. The van der Waals surface area contributed by atoms with Gasteiger partial charge in [-0.3, -0.25) is 9.59 Å². The van der Waals surface area contributed by atoms with Crippen molar-refractivity contribution >= 4 is 11.9 Å². The Morgan fingerprint density at radius 1 is 0.481 bits per heavy atom. The first-order chi connectivity index (χ1) is 25.5. The van der Waals surface area contributed by atoms with Gasteiger partial charge >= 0.3 is 5.97 Å². The Labute approximate surface area is 324 Å². The average Bonchev–Trinajstić information content (AvgIpc) is 3.13. The molecular weight excluding hydrogens is 647 g/mol. The summed E-state index contributed by atoms with van der Waals surface area (Å²) < 4.78 is 5.90. The Morgan fingerprint density at radius 3 is 1.17 bits per heavy atom. The third-order valence-corrected chi connectivity index (χ3v) is 10.9. The molecule has 3 N–H and O–H groups in total. The molecule has 0 aromatic carbocycles. The van der Waals surface area contributed by atoms with Crippen LogP contribution >= 0.6 is 0 Å². The van der Waals surface area contributed by atoms with E-state index in [0.717, 1.165) is 44.9 Å². The Kier molecular flexibility index (Phi) is 40.1. The fraction of sp³-hybridized carbons (Fsp3) is 0.957. The Balaban J connectivity index is 4.54. The standard InChI is InChI=1S/C46H91NO5/c1-4-7-10-13-16-19-22-24-27-30-33-36-39-46(51)52-42(37-34-31-28-25-23-20-17-14-11-8-5-2)40-45(50)47-43(41-48)44(49)38-35-32-29-26-21-18-15-12-9-6-3/h42-44,48-49H,4-41H2,1-3H3,(H,47,50). The van der Waals surface area contributed by atoms with Gasteiger partial charge in [-0.2, -0.15) is 0 Å². The molecule has 0 saturated carbocycles. The molecule has 0 aromatic rings. The van der Waals surface area contributed by atoms with E-state index in [1.54, 1.807) is 0 Å². The van der Waals surface area contributed by atoms with Gasteiger partial charge in [0.15, 0.2) is 0 Å². The van der Waals surface area contributed by atoms with Crippen molar-refractivity contribution in [3.05, 3.63) is 0 Å². The fourth-order valence-electron chi connectivity index (χ4n) is 7.37. The number of hydrogen-bond acceptors (Lipinski definition) is 5. The van der Waals surface area contributed by atoms with Crippen molar-refractivity contribution in [1.29, 1.82) is 0 Å². The minimum absolute atomic E-state index is 0.0867. The van der Waals surface area contributed by atoms with Crippen molar-refractivity contribution in [2.24, 2.45) is 0 Å². The second-order valence-corrected chi connectivity index (χ2v) is 16.2. The van der Waals surface area contributed by atoms with Gasteiger partial charge in [0, 0.05) is 6.42 Å². The Morgan fingerprint density at radius 2 is 0.808 bits per heavy atom. The lowest BCUT2D eigenvalue weighted by molar-refractivity contribution is -0.151. The van der Waals surface area contributed by atoms with Crippen LogP contribution in [0.1, 0.15) is 258 Å². The predicted molar refractivity (Wildman–Crippen MR) is 223 cm³/mol. The minimum Gasteiger partial charge on any atom is -0.462 e. The molecule has 0 bridgehead atoms. The monoisotopic (exact) mass is 738 g/mol.